The van der Waals surface area contributed by atoms with Crippen LogP contribution in [0, 0.1) is 5.92 Å². The van der Waals surface area contributed by atoms with Gasteiger partial charge in [0.2, 0.25) is 0 Å². The highest BCUT2D eigenvalue weighted by molar-refractivity contribution is 5.76. The van der Waals surface area contributed by atoms with E-state index in [1.54, 1.807) is 7.05 Å². The molecule has 3 nitrogen and oxygen atoms in total. The van der Waals surface area contributed by atoms with E-state index in [1.165, 1.54) is 0 Å². The number of carbonyl (C=O) groups is 1. The lowest BCUT2D eigenvalue weighted by Gasteiger charge is -2.24. The van der Waals surface area contributed by atoms with Crippen molar-refractivity contribution in [2.75, 3.05) is 7.05 Å². The number of rotatable bonds is 6. The summed E-state index contributed by atoms with van der Waals surface area (Å²) in [4.78, 5) is 12.5. The number of hydrogen-bond donors (Lipinski definition) is 1. The minimum Gasteiger partial charge on any atom is -0.451 e. The van der Waals surface area contributed by atoms with Crippen LogP contribution in [-0.4, -0.2) is 19.1 Å². The SMILES string of the molecule is CN[C@H](C(=O)OC(c1ccccc1)c1ccccc1)C(C)C. The molecule has 22 heavy (non-hydrogen) atoms. The predicted molar refractivity (Wildman–Crippen MR) is 88.5 cm³/mol. The summed E-state index contributed by atoms with van der Waals surface area (Å²) in [6.45, 7) is 4.00. The average Bonchev–Trinajstić information content (AvgIpc) is 2.54. The van der Waals surface area contributed by atoms with Crippen LogP contribution in [0.4, 0.5) is 0 Å². The molecule has 0 bridgehead atoms. The summed E-state index contributed by atoms with van der Waals surface area (Å²) in [6.07, 6.45) is -0.385. The van der Waals surface area contributed by atoms with Crippen LogP contribution in [0.5, 0.6) is 0 Å². The molecule has 0 spiro atoms. The van der Waals surface area contributed by atoms with E-state index in [1.807, 2.05) is 74.5 Å². The molecule has 116 valence electrons. The van der Waals surface area contributed by atoms with Crippen molar-refractivity contribution in [2.24, 2.45) is 5.92 Å². The number of benzene rings is 2. The van der Waals surface area contributed by atoms with Gasteiger partial charge < -0.3 is 10.1 Å². The van der Waals surface area contributed by atoms with E-state index in [9.17, 15) is 4.79 Å². The molecule has 0 saturated heterocycles. The number of hydrogen-bond acceptors (Lipinski definition) is 3. The van der Waals surface area contributed by atoms with Crippen molar-refractivity contribution < 1.29 is 9.53 Å². The summed E-state index contributed by atoms with van der Waals surface area (Å²) in [5.74, 6) is -0.0556. The zero-order valence-corrected chi connectivity index (χ0v) is 13.3. The highest BCUT2D eigenvalue weighted by atomic mass is 16.5. The number of likely N-dealkylation sites (N-methyl/N-ethyl adjacent to an activating group) is 1. The van der Waals surface area contributed by atoms with E-state index in [0.717, 1.165) is 11.1 Å². The fourth-order valence-electron chi connectivity index (χ4n) is 2.50. The van der Waals surface area contributed by atoms with Crippen LogP contribution in [0.3, 0.4) is 0 Å². The van der Waals surface area contributed by atoms with E-state index in [4.69, 9.17) is 4.74 Å². The Hall–Kier alpha value is -2.13. The van der Waals surface area contributed by atoms with E-state index in [-0.39, 0.29) is 24.0 Å². The molecule has 0 unspecified atom stereocenters. The molecule has 0 fully saturated rings. The molecule has 0 aliphatic heterocycles. The third-order valence-electron chi connectivity index (χ3n) is 3.67. The van der Waals surface area contributed by atoms with Crippen molar-refractivity contribution >= 4 is 5.97 Å². The van der Waals surface area contributed by atoms with Gasteiger partial charge in [0.15, 0.2) is 6.10 Å². The molecule has 0 aromatic heterocycles. The maximum absolute atomic E-state index is 12.5. The second-order valence-electron chi connectivity index (χ2n) is 5.65. The van der Waals surface area contributed by atoms with Crippen molar-refractivity contribution in [3.05, 3.63) is 71.8 Å². The summed E-state index contributed by atoms with van der Waals surface area (Å²) in [7, 11) is 1.78. The van der Waals surface area contributed by atoms with Crippen LogP contribution in [0.25, 0.3) is 0 Å². The van der Waals surface area contributed by atoms with E-state index >= 15 is 0 Å². The van der Waals surface area contributed by atoms with Gasteiger partial charge >= 0.3 is 5.97 Å². The summed E-state index contributed by atoms with van der Waals surface area (Å²) in [6, 6.07) is 19.3. The van der Waals surface area contributed by atoms with Gasteiger partial charge in [-0.2, -0.15) is 0 Å². The van der Waals surface area contributed by atoms with Crippen LogP contribution in [0.1, 0.15) is 31.1 Å². The Kier molecular flexibility index (Phi) is 5.73. The quantitative estimate of drug-likeness (QED) is 0.829. The standard InChI is InChI=1S/C19H23NO2/c1-14(2)17(20-3)19(21)22-18(15-10-6-4-7-11-15)16-12-8-5-9-13-16/h4-14,17-18,20H,1-3H3/t17-/m0/s1. The molecular weight excluding hydrogens is 274 g/mol. The maximum atomic E-state index is 12.5. The molecule has 0 aliphatic rings. The lowest BCUT2D eigenvalue weighted by atomic mass is 10.0. The lowest BCUT2D eigenvalue weighted by molar-refractivity contribution is -0.151. The molecular formula is C19H23NO2. The second kappa shape index (κ2) is 7.76. The average molecular weight is 297 g/mol. The molecule has 0 saturated carbocycles. The third kappa shape index (κ3) is 3.95. The first kappa shape index (κ1) is 16.2. The topological polar surface area (TPSA) is 38.3 Å². The Morgan fingerprint density at radius 1 is 0.909 bits per heavy atom. The Bertz CT molecular complexity index is 541. The van der Waals surface area contributed by atoms with Gasteiger partial charge in [0.1, 0.15) is 6.04 Å². The lowest BCUT2D eigenvalue weighted by Crippen LogP contribution is -2.40. The third-order valence-corrected chi connectivity index (χ3v) is 3.67. The number of nitrogens with one attached hydrogen (secondary N) is 1. The molecule has 0 heterocycles. The second-order valence-corrected chi connectivity index (χ2v) is 5.65. The van der Waals surface area contributed by atoms with Crippen LogP contribution >= 0.6 is 0 Å². The molecule has 0 radical (unpaired) electrons. The summed E-state index contributed by atoms with van der Waals surface area (Å²) < 4.78 is 5.84. The fraction of sp³-hybridized carbons (Fsp3) is 0.316. The van der Waals surface area contributed by atoms with Crippen molar-refractivity contribution in [1.29, 1.82) is 0 Å². The first-order valence-corrected chi connectivity index (χ1v) is 7.61. The molecule has 0 amide bonds. The highest BCUT2D eigenvalue weighted by Crippen LogP contribution is 2.26. The summed E-state index contributed by atoms with van der Waals surface area (Å²) in [5, 5.41) is 3.04. The van der Waals surface area contributed by atoms with Gasteiger partial charge in [-0.05, 0) is 24.1 Å². The number of ether oxygens (including phenoxy) is 1. The minimum atomic E-state index is -0.385. The highest BCUT2D eigenvalue weighted by Gasteiger charge is 2.26. The zero-order chi connectivity index (χ0) is 15.9. The first-order chi connectivity index (χ1) is 10.6. The number of esters is 1. The van der Waals surface area contributed by atoms with Crippen LogP contribution in [0.2, 0.25) is 0 Å². The van der Waals surface area contributed by atoms with Crippen LogP contribution in [-0.2, 0) is 9.53 Å². The normalized spacial score (nSPS) is 12.4. The van der Waals surface area contributed by atoms with Crippen LogP contribution in [0.15, 0.2) is 60.7 Å². The van der Waals surface area contributed by atoms with Gasteiger partial charge in [-0.1, -0.05) is 74.5 Å². The van der Waals surface area contributed by atoms with E-state index < -0.39 is 0 Å². The van der Waals surface area contributed by atoms with Gasteiger partial charge in [0.25, 0.3) is 0 Å². The largest absolute Gasteiger partial charge is 0.451 e. The molecule has 2 rings (SSSR count). The molecule has 2 aromatic carbocycles. The molecule has 1 N–H and O–H groups in total. The molecule has 3 heteroatoms. The van der Waals surface area contributed by atoms with E-state index in [0.29, 0.717) is 0 Å². The monoisotopic (exact) mass is 297 g/mol. The molecule has 1 atom stereocenters. The predicted octanol–water partition coefficient (Wildman–Crippen LogP) is 3.56. The fourth-order valence-corrected chi connectivity index (χ4v) is 2.50. The molecule has 0 aliphatic carbocycles. The van der Waals surface area contributed by atoms with E-state index in [2.05, 4.69) is 5.32 Å². The smallest absolute Gasteiger partial charge is 0.324 e. The van der Waals surface area contributed by atoms with Crippen molar-refractivity contribution in [3.8, 4) is 0 Å². The van der Waals surface area contributed by atoms with Crippen molar-refractivity contribution in [2.45, 2.75) is 26.0 Å². The maximum Gasteiger partial charge on any atom is 0.324 e. The Morgan fingerprint density at radius 2 is 1.36 bits per heavy atom. The van der Waals surface area contributed by atoms with Crippen molar-refractivity contribution in [1.82, 2.24) is 5.32 Å². The first-order valence-electron chi connectivity index (χ1n) is 7.61. The molecule has 2 aromatic rings. The van der Waals surface area contributed by atoms with Gasteiger partial charge in [0.05, 0.1) is 0 Å². The summed E-state index contributed by atoms with van der Waals surface area (Å²) in [5.41, 5.74) is 1.95. The Labute approximate surface area is 132 Å². The van der Waals surface area contributed by atoms with Gasteiger partial charge in [-0.25, -0.2) is 0 Å². The Balaban J connectivity index is 2.28. The van der Waals surface area contributed by atoms with Gasteiger partial charge in [-0.15, -0.1) is 0 Å². The van der Waals surface area contributed by atoms with Crippen LogP contribution < -0.4 is 5.32 Å². The van der Waals surface area contributed by atoms with Gasteiger partial charge in [0, 0.05) is 0 Å². The Morgan fingerprint density at radius 3 is 1.73 bits per heavy atom. The van der Waals surface area contributed by atoms with Crippen molar-refractivity contribution in [3.63, 3.8) is 0 Å². The minimum absolute atomic E-state index is 0.171. The van der Waals surface area contributed by atoms with Gasteiger partial charge in [-0.3, -0.25) is 4.79 Å². The summed E-state index contributed by atoms with van der Waals surface area (Å²) >= 11 is 0. The number of carbonyl (C=O) groups excluding carboxylic acids is 1. The zero-order valence-electron chi connectivity index (χ0n) is 13.3.